The van der Waals surface area contributed by atoms with Crippen molar-refractivity contribution >= 4 is 17.6 Å². The molecule has 1 aromatic carbocycles. The van der Waals surface area contributed by atoms with E-state index in [2.05, 4.69) is 10.3 Å². The number of likely N-dealkylation sites (tertiary alicyclic amines) is 1. The average molecular weight is 367 g/mol. The summed E-state index contributed by atoms with van der Waals surface area (Å²) in [6.07, 6.45) is 3.35. The third-order valence-electron chi connectivity index (χ3n) is 4.80. The molecule has 0 saturated carbocycles. The molecule has 27 heavy (non-hydrogen) atoms. The number of amides is 2. The van der Waals surface area contributed by atoms with Crippen LogP contribution in [0.2, 0.25) is 0 Å². The Morgan fingerprint density at radius 3 is 2.59 bits per heavy atom. The fraction of sp³-hybridized carbons (Fsp3) is 0.381. The molecule has 6 heteroatoms. The minimum absolute atomic E-state index is 0.0173. The molecule has 0 aliphatic carbocycles. The molecule has 1 aliphatic heterocycles. The van der Waals surface area contributed by atoms with Crippen molar-refractivity contribution in [1.82, 2.24) is 9.88 Å². The molecule has 0 radical (unpaired) electrons. The minimum atomic E-state index is -0.0870. The van der Waals surface area contributed by atoms with Gasteiger partial charge in [0.25, 0.3) is 0 Å². The fourth-order valence-corrected chi connectivity index (χ4v) is 3.16. The van der Waals surface area contributed by atoms with Crippen LogP contribution in [0, 0.1) is 12.8 Å². The fourth-order valence-electron chi connectivity index (χ4n) is 3.16. The number of hydrogen-bond acceptors (Lipinski definition) is 4. The molecule has 1 aromatic heterocycles. The number of ether oxygens (including phenoxy) is 1. The van der Waals surface area contributed by atoms with E-state index in [-0.39, 0.29) is 17.7 Å². The van der Waals surface area contributed by atoms with Crippen molar-refractivity contribution in [2.75, 3.05) is 25.0 Å². The summed E-state index contributed by atoms with van der Waals surface area (Å²) in [5, 5.41) is 2.90. The summed E-state index contributed by atoms with van der Waals surface area (Å²) in [5.74, 6) is 1.35. The van der Waals surface area contributed by atoms with Crippen LogP contribution in [0.5, 0.6) is 5.75 Å². The van der Waals surface area contributed by atoms with Crippen molar-refractivity contribution < 1.29 is 14.3 Å². The molecule has 0 bridgehead atoms. The number of pyridine rings is 1. The Labute approximate surface area is 159 Å². The van der Waals surface area contributed by atoms with Crippen LogP contribution in [0.25, 0.3) is 0 Å². The first-order valence-corrected chi connectivity index (χ1v) is 9.31. The Kier molecular flexibility index (Phi) is 6.41. The van der Waals surface area contributed by atoms with Gasteiger partial charge in [-0.1, -0.05) is 24.3 Å². The third kappa shape index (κ3) is 5.29. The number of benzene rings is 1. The maximum absolute atomic E-state index is 12.5. The van der Waals surface area contributed by atoms with E-state index in [9.17, 15) is 9.59 Å². The summed E-state index contributed by atoms with van der Waals surface area (Å²) < 4.78 is 5.59. The van der Waals surface area contributed by atoms with E-state index in [4.69, 9.17) is 4.74 Å². The summed E-state index contributed by atoms with van der Waals surface area (Å²) >= 11 is 0. The lowest BCUT2D eigenvalue weighted by Gasteiger charge is -2.31. The van der Waals surface area contributed by atoms with Gasteiger partial charge in [-0.3, -0.25) is 9.59 Å². The van der Waals surface area contributed by atoms with Gasteiger partial charge in [-0.05, 0) is 43.5 Å². The van der Waals surface area contributed by atoms with Gasteiger partial charge in [-0.15, -0.1) is 0 Å². The van der Waals surface area contributed by atoms with Gasteiger partial charge in [0, 0.05) is 25.2 Å². The lowest BCUT2D eigenvalue weighted by Crippen LogP contribution is -2.41. The largest absolute Gasteiger partial charge is 0.493 e. The van der Waals surface area contributed by atoms with E-state index in [1.807, 2.05) is 54.3 Å². The molecular formula is C21H25N3O3. The number of anilines is 1. The van der Waals surface area contributed by atoms with Crippen LogP contribution >= 0.6 is 0 Å². The maximum atomic E-state index is 12.5. The molecule has 0 atom stereocenters. The highest BCUT2D eigenvalue weighted by Gasteiger charge is 2.27. The lowest BCUT2D eigenvalue weighted by molar-refractivity contribution is -0.135. The Hall–Kier alpha value is -2.89. The molecule has 0 spiro atoms. The maximum Gasteiger partial charge on any atom is 0.228 e. The minimum Gasteiger partial charge on any atom is -0.493 e. The summed E-state index contributed by atoms with van der Waals surface area (Å²) in [4.78, 5) is 30.8. The van der Waals surface area contributed by atoms with Gasteiger partial charge in [0.1, 0.15) is 11.6 Å². The highest BCUT2D eigenvalue weighted by atomic mass is 16.5. The second-order valence-corrected chi connectivity index (χ2v) is 6.72. The lowest BCUT2D eigenvalue weighted by atomic mass is 9.95. The highest BCUT2D eigenvalue weighted by Crippen LogP contribution is 2.20. The van der Waals surface area contributed by atoms with E-state index >= 15 is 0 Å². The van der Waals surface area contributed by atoms with Gasteiger partial charge >= 0.3 is 0 Å². The quantitative estimate of drug-likeness (QED) is 0.852. The topological polar surface area (TPSA) is 71.5 Å². The summed E-state index contributed by atoms with van der Waals surface area (Å²) in [7, 11) is 0. The van der Waals surface area contributed by atoms with E-state index in [0.717, 1.165) is 11.3 Å². The standard InChI is InChI=1S/C21H25N3O3/c1-16-6-5-12-22-20(16)23-21(26)17-9-13-24(14-10-17)19(25)11-15-27-18-7-3-2-4-8-18/h2-8,12,17H,9-11,13-15H2,1H3,(H,22,23,26). The van der Waals surface area contributed by atoms with Gasteiger partial charge in [0.2, 0.25) is 11.8 Å². The molecule has 1 fully saturated rings. The van der Waals surface area contributed by atoms with Crippen molar-refractivity contribution in [2.24, 2.45) is 5.92 Å². The monoisotopic (exact) mass is 367 g/mol. The van der Waals surface area contributed by atoms with Crippen LogP contribution in [-0.2, 0) is 9.59 Å². The van der Waals surface area contributed by atoms with Crippen LogP contribution < -0.4 is 10.1 Å². The predicted molar refractivity (Wildman–Crippen MR) is 103 cm³/mol. The number of hydrogen-bond donors (Lipinski definition) is 1. The van der Waals surface area contributed by atoms with Gasteiger partial charge in [0.15, 0.2) is 0 Å². The zero-order valence-electron chi connectivity index (χ0n) is 15.6. The second-order valence-electron chi connectivity index (χ2n) is 6.72. The SMILES string of the molecule is Cc1cccnc1NC(=O)C1CCN(C(=O)CCOc2ccccc2)CC1. The number of rotatable bonds is 6. The molecular weight excluding hydrogens is 342 g/mol. The number of carbonyl (C=O) groups is 2. The molecule has 2 aromatic rings. The molecule has 3 rings (SSSR count). The molecule has 1 N–H and O–H groups in total. The normalized spacial score (nSPS) is 14.6. The Morgan fingerprint density at radius 1 is 1.15 bits per heavy atom. The van der Waals surface area contributed by atoms with E-state index in [1.165, 1.54) is 0 Å². The zero-order valence-corrected chi connectivity index (χ0v) is 15.6. The molecule has 1 aliphatic rings. The van der Waals surface area contributed by atoms with Gasteiger partial charge in [-0.2, -0.15) is 0 Å². The van der Waals surface area contributed by atoms with Crippen LogP contribution in [0.4, 0.5) is 5.82 Å². The molecule has 1 saturated heterocycles. The second kappa shape index (κ2) is 9.16. The van der Waals surface area contributed by atoms with Crippen LogP contribution in [0.1, 0.15) is 24.8 Å². The number of nitrogens with one attached hydrogen (secondary N) is 1. The van der Waals surface area contributed by atoms with Gasteiger partial charge in [0.05, 0.1) is 13.0 Å². The first-order valence-electron chi connectivity index (χ1n) is 9.31. The summed E-state index contributed by atoms with van der Waals surface area (Å²) in [6.45, 7) is 3.48. The van der Waals surface area contributed by atoms with Crippen LogP contribution in [0.3, 0.4) is 0 Å². The Balaban J connectivity index is 1.41. The summed E-state index contributed by atoms with van der Waals surface area (Å²) in [5.41, 5.74) is 0.942. The zero-order chi connectivity index (χ0) is 19.1. The Bertz CT molecular complexity index is 771. The number of carbonyl (C=O) groups excluding carboxylic acids is 2. The van der Waals surface area contributed by atoms with Crippen molar-refractivity contribution in [3.8, 4) is 5.75 Å². The first-order chi connectivity index (χ1) is 13.1. The molecule has 2 amide bonds. The van der Waals surface area contributed by atoms with Crippen molar-refractivity contribution in [3.05, 3.63) is 54.2 Å². The smallest absolute Gasteiger partial charge is 0.228 e. The number of piperidine rings is 1. The number of nitrogens with zero attached hydrogens (tertiary/aromatic N) is 2. The van der Waals surface area contributed by atoms with E-state index in [0.29, 0.717) is 44.8 Å². The molecule has 142 valence electrons. The van der Waals surface area contributed by atoms with Gasteiger partial charge in [-0.25, -0.2) is 4.98 Å². The number of aryl methyl sites for hydroxylation is 1. The molecule has 6 nitrogen and oxygen atoms in total. The molecule has 2 heterocycles. The number of aromatic nitrogens is 1. The first kappa shape index (κ1) is 18.9. The predicted octanol–water partition coefficient (Wildman–Crippen LogP) is 3.04. The Morgan fingerprint density at radius 2 is 1.89 bits per heavy atom. The van der Waals surface area contributed by atoms with Crippen LogP contribution in [0.15, 0.2) is 48.7 Å². The van der Waals surface area contributed by atoms with Crippen molar-refractivity contribution in [3.63, 3.8) is 0 Å². The van der Waals surface area contributed by atoms with E-state index in [1.54, 1.807) is 6.20 Å². The average Bonchev–Trinajstić information content (AvgIpc) is 2.70. The van der Waals surface area contributed by atoms with Crippen molar-refractivity contribution in [2.45, 2.75) is 26.2 Å². The molecule has 0 unspecified atom stereocenters. The summed E-state index contributed by atoms with van der Waals surface area (Å²) in [6, 6.07) is 13.2. The third-order valence-corrected chi connectivity index (χ3v) is 4.80. The van der Waals surface area contributed by atoms with Crippen molar-refractivity contribution in [1.29, 1.82) is 0 Å². The van der Waals surface area contributed by atoms with E-state index < -0.39 is 0 Å². The highest BCUT2D eigenvalue weighted by molar-refractivity contribution is 5.92. The van der Waals surface area contributed by atoms with Crippen LogP contribution in [-0.4, -0.2) is 41.4 Å². The number of para-hydroxylation sites is 1. The van der Waals surface area contributed by atoms with Gasteiger partial charge < -0.3 is 15.0 Å².